The van der Waals surface area contributed by atoms with E-state index in [1.54, 1.807) is 0 Å². The van der Waals surface area contributed by atoms with Crippen LogP contribution in [0.4, 0.5) is 0 Å². The van der Waals surface area contributed by atoms with Crippen LogP contribution in [0.25, 0.3) is 0 Å². The molecule has 0 unspecified atom stereocenters. The highest BCUT2D eigenvalue weighted by Crippen LogP contribution is 2.29. The predicted octanol–water partition coefficient (Wildman–Crippen LogP) is 2.40. The fraction of sp³-hybridized carbons (Fsp3) is 1.00. The highest BCUT2D eigenvalue weighted by Gasteiger charge is 2.18. The molecule has 1 rings (SSSR count). The summed E-state index contributed by atoms with van der Waals surface area (Å²) in [5.41, 5.74) is 0. The van der Waals surface area contributed by atoms with Crippen LogP contribution in [0, 0.1) is 11.8 Å². The summed E-state index contributed by atoms with van der Waals surface area (Å²) in [7, 11) is 0. The van der Waals surface area contributed by atoms with Crippen molar-refractivity contribution in [2.24, 2.45) is 11.8 Å². The quantitative estimate of drug-likeness (QED) is 0.553. The molecule has 48 valence electrons. The number of hydrogen-bond donors (Lipinski definition) is 0. The monoisotopic (exact) mass is 130 g/mol. The Kier molecular flexibility index (Phi) is 2.24. The second-order valence-electron chi connectivity index (χ2n) is 3.03. The second kappa shape index (κ2) is 2.77. The Morgan fingerprint density at radius 1 is 1.50 bits per heavy atom. The van der Waals surface area contributed by atoms with Gasteiger partial charge in [0.1, 0.15) is 0 Å². The lowest BCUT2D eigenvalue weighted by molar-refractivity contribution is 0.465. The Morgan fingerprint density at radius 3 is 2.25 bits per heavy atom. The maximum absolute atomic E-state index is 2.31. The Bertz CT molecular complexity index is 64.8. The molecule has 0 aliphatic carbocycles. The summed E-state index contributed by atoms with van der Waals surface area (Å²) in [4.78, 5) is 0. The molecule has 0 aromatic heterocycles. The van der Waals surface area contributed by atoms with Crippen molar-refractivity contribution >= 4 is 11.8 Å². The lowest BCUT2D eigenvalue weighted by atomic mass is 10.0. The van der Waals surface area contributed by atoms with Gasteiger partial charge in [0.25, 0.3) is 0 Å². The van der Waals surface area contributed by atoms with Crippen molar-refractivity contribution in [3.05, 3.63) is 0 Å². The highest BCUT2D eigenvalue weighted by molar-refractivity contribution is 8.00. The van der Waals surface area contributed by atoms with Crippen LogP contribution in [0.15, 0.2) is 0 Å². The summed E-state index contributed by atoms with van der Waals surface area (Å²) < 4.78 is 0. The van der Waals surface area contributed by atoms with Gasteiger partial charge in [-0.25, -0.2) is 0 Å². The van der Waals surface area contributed by atoms with Crippen LogP contribution in [-0.4, -0.2) is 11.5 Å². The van der Waals surface area contributed by atoms with Crippen LogP contribution in [0.5, 0.6) is 0 Å². The van der Waals surface area contributed by atoms with Crippen molar-refractivity contribution in [1.82, 2.24) is 0 Å². The lowest BCUT2D eigenvalue weighted by Gasteiger charge is -2.26. The zero-order valence-corrected chi connectivity index (χ0v) is 6.50. The van der Waals surface area contributed by atoms with Gasteiger partial charge in [-0.15, -0.1) is 0 Å². The van der Waals surface area contributed by atoms with E-state index in [1.807, 2.05) is 0 Å². The largest absolute Gasteiger partial charge is 0.161 e. The molecule has 0 atom stereocenters. The zero-order valence-electron chi connectivity index (χ0n) is 5.68. The van der Waals surface area contributed by atoms with E-state index in [0.29, 0.717) is 0 Å². The average Bonchev–Trinajstić information content (AvgIpc) is 1.55. The van der Waals surface area contributed by atoms with Gasteiger partial charge >= 0.3 is 0 Å². The van der Waals surface area contributed by atoms with E-state index in [-0.39, 0.29) is 0 Å². The van der Waals surface area contributed by atoms with Gasteiger partial charge in [0.2, 0.25) is 0 Å². The van der Waals surface area contributed by atoms with Crippen molar-refractivity contribution in [3.8, 4) is 0 Å². The molecule has 8 heavy (non-hydrogen) atoms. The van der Waals surface area contributed by atoms with E-state index >= 15 is 0 Å². The standard InChI is InChI=1S/C7H14S/c1-6(2)3-7-4-8-5-7/h6-7H,3-5H2,1-2H3. The summed E-state index contributed by atoms with van der Waals surface area (Å²) in [5.74, 6) is 4.84. The Hall–Kier alpha value is 0.350. The molecule has 1 heterocycles. The third-order valence-electron chi connectivity index (χ3n) is 1.51. The molecule has 0 aromatic rings. The van der Waals surface area contributed by atoms with Crippen LogP contribution in [0.3, 0.4) is 0 Å². The second-order valence-corrected chi connectivity index (χ2v) is 4.11. The highest BCUT2D eigenvalue weighted by atomic mass is 32.2. The van der Waals surface area contributed by atoms with Gasteiger partial charge in [-0.1, -0.05) is 13.8 Å². The van der Waals surface area contributed by atoms with Crippen LogP contribution in [-0.2, 0) is 0 Å². The van der Waals surface area contributed by atoms with E-state index in [1.165, 1.54) is 17.9 Å². The fourth-order valence-electron chi connectivity index (χ4n) is 1.09. The fourth-order valence-corrected chi connectivity index (χ4v) is 1.93. The van der Waals surface area contributed by atoms with E-state index in [2.05, 4.69) is 25.6 Å². The maximum Gasteiger partial charge on any atom is -0.00310 e. The van der Waals surface area contributed by atoms with Crippen molar-refractivity contribution < 1.29 is 0 Å². The van der Waals surface area contributed by atoms with Gasteiger partial charge in [-0.2, -0.15) is 11.8 Å². The maximum atomic E-state index is 2.31. The average molecular weight is 130 g/mol. The molecule has 0 N–H and O–H groups in total. The minimum Gasteiger partial charge on any atom is -0.161 e. The topological polar surface area (TPSA) is 0 Å². The summed E-state index contributed by atoms with van der Waals surface area (Å²) >= 11 is 2.09. The van der Waals surface area contributed by atoms with E-state index in [4.69, 9.17) is 0 Å². The molecule has 0 nitrogen and oxygen atoms in total. The van der Waals surface area contributed by atoms with Gasteiger partial charge < -0.3 is 0 Å². The molecule has 0 bridgehead atoms. The SMILES string of the molecule is CC(C)CC1CSC1. The molecule has 1 heteroatoms. The summed E-state index contributed by atoms with van der Waals surface area (Å²) in [6.45, 7) is 4.62. The number of thioether (sulfide) groups is 1. The van der Waals surface area contributed by atoms with Gasteiger partial charge in [-0.3, -0.25) is 0 Å². The summed E-state index contributed by atoms with van der Waals surface area (Å²) in [5, 5.41) is 0. The first-order valence-corrected chi connectivity index (χ1v) is 4.52. The Morgan fingerprint density at radius 2 is 2.12 bits per heavy atom. The van der Waals surface area contributed by atoms with Crippen molar-refractivity contribution in [2.75, 3.05) is 11.5 Å². The molecule has 1 aliphatic rings. The van der Waals surface area contributed by atoms with Crippen LogP contribution < -0.4 is 0 Å². The smallest absolute Gasteiger partial charge is 0.00310 e. The molecular weight excluding hydrogens is 116 g/mol. The minimum atomic E-state index is 0.917. The van der Waals surface area contributed by atoms with Gasteiger partial charge in [0.05, 0.1) is 0 Å². The normalized spacial score (nSPS) is 21.4. The van der Waals surface area contributed by atoms with E-state index in [9.17, 15) is 0 Å². The number of rotatable bonds is 2. The molecule has 0 saturated carbocycles. The molecule has 0 radical (unpaired) electrons. The first-order chi connectivity index (χ1) is 3.79. The van der Waals surface area contributed by atoms with Gasteiger partial charge in [0.15, 0.2) is 0 Å². The Balaban J connectivity index is 2.01. The third-order valence-corrected chi connectivity index (χ3v) is 2.93. The van der Waals surface area contributed by atoms with E-state index < -0.39 is 0 Å². The minimum absolute atomic E-state index is 0.917. The van der Waals surface area contributed by atoms with Crippen LogP contribution >= 0.6 is 11.8 Å². The molecule has 1 saturated heterocycles. The first kappa shape index (κ1) is 6.47. The van der Waals surface area contributed by atoms with Gasteiger partial charge in [-0.05, 0) is 29.8 Å². The Labute approximate surface area is 56.0 Å². The number of hydrogen-bond acceptors (Lipinski definition) is 1. The molecule has 0 spiro atoms. The molecular formula is C7H14S. The lowest BCUT2D eigenvalue weighted by Crippen LogP contribution is -2.19. The van der Waals surface area contributed by atoms with Crippen molar-refractivity contribution in [1.29, 1.82) is 0 Å². The van der Waals surface area contributed by atoms with Crippen LogP contribution in [0.2, 0.25) is 0 Å². The summed E-state index contributed by atoms with van der Waals surface area (Å²) in [6.07, 6.45) is 1.45. The first-order valence-electron chi connectivity index (χ1n) is 3.37. The summed E-state index contributed by atoms with van der Waals surface area (Å²) in [6, 6.07) is 0. The van der Waals surface area contributed by atoms with E-state index in [0.717, 1.165) is 11.8 Å². The third kappa shape index (κ3) is 1.70. The predicted molar refractivity (Wildman–Crippen MR) is 40.3 cm³/mol. The van der Waals surface area contributed by atoms with Crippen molar-refractivity contribution in [3.63, 3.8) is 0 Å². The van der Waals surface area contributed by atoms with Crippen molar-refractivity contribution in [2.45, 2.75) is 20.3 Å². The van der Waals surface area contributed by atoms with Gasteiger partial charge in [0, 0.05) is 0 Å². The molecule has 0 aromatic carbocycles. The zero-order chi connectivity index (χ0) is 5.98. The van der Waals surface area contributed by atoms with Crippen LogP contribution in [0.1, 0.15) is 20.3 Å². The molecule has 1 aliphatic heterocycles. The molecule has 1 fully saturated rings. The molecule has 0 amide bonds.